The first kappa shape index (κ1) is 18.6. The molecular weight excluding hydrogens is 370 g/mol. The van der Waals surface area contributed by atoms with Gasteiger partial charge in [-0.1, -0.05) is 20.8 Å². The van der Waals surface area contributed by atoms with Gasteiger partial charge in [0.05, 0.1) is 24.4 Å². The minimum Gasteiger partial charge on any atom is -0.350 e. The Morgan fingerprint density at radius 1 is 1.29 bits per heavy atom. The normalized spacial score (nSPS) is 23.8. The molecular formula is C18H22F2N6O2. The van der Waals surface area contributed by atoms with Gasteiger partial charge in [0.15, 0.2) is 5.65 Å². The Morgan fingerprint density at radius 3 is 2.64 bits per heavy atom. The van der Waals surface area contributed by atoms with Gasteiger partial charge in [0.25, 0.3) is 5.92 Å². The van der Waals surface area contributed by atoms with Crippen LogP contribution < -0.4 is 15.5 Å². The summed E-state index contributed by atoms with van der Waals surface area (Å²) in [4.78, 5) is 29.8. The van der Waals surface area contributed by atoms with Gasteiger partial charge in [-0.05, 0) is 6.42 Å². The lowest BCUT2D eigenvalue weighted by Gasteiger charge is -2.25. The van der Waals surface area contributed by atoms with E-state index >= 15 is 0 Å². The van der Waals surface area contributed by atoms with Crippen LogP contribution in [0.1, 0.15) is 37.9 Å². The summed E-state index contributed by atoms with van der Waals surface area (Å²) in [6.07, 6.45) is 2.33. The number of carbonyl (C=O) groups excluding carboxylic acids is 2. The minimum atomic E-state index is -2.86. The molecule has 3 amide bonds. The molecule has 10 heteroatoms. The van der Waals surface area contributed by atoms with Crippen LogP contribution in [-0.2, 0) is 11.2 Å². The number of nitrogens with zero attached hydrogens (tertiary/aromatic N) is 4. The molecule has 2 fully saturated rings. The molecule has 0 aliphatic carbocycles. The summed E-state index contributed by atoms with van der Waals surface area (Å²) in [7, 11) is 0. The number of anilines is 1. The van der Waals surface area contributed by atoms with Crippen LogP contribution in [0.2, 0.25) is 0 Å². The van der Waals surface area contributed by atoms with Crippen molar-refractivity contribution in [2.24, 2.45) is 5.41 Å². The Bertz CT molecular complexity index is 954. The second-order valence-electron chi connectivity index (χ2n) is 7.99. The average molecular weight is 392 g/mol. The number of nitrogens with one attached hydrogen (secondary N) is 2. The number of urea groups is 1. The molecule has 0 bridgehead atoms. The Kier molecular flexibility index (Phi) is 4.06. The molecule has 1 atom stereocenters. The van der Waals surface area contributed by atoms with E-state index < -0.39 is 35.7 Å². The standard InChI is InChI=1S/C18H22F2N6O2/c1-4-10-6-22-26-13(25-8-17(2,3)18(19,20)9-25)5-12(23-14(10)26)11-7-21-16(28)24-15(11)27/h5-6,11H,4,7-9H2,1-3H3,(H2,21,24,27,28). The first-order chi connectivity index (χ1) is 13.1. The van der Waals surface area contributed by atoms with Crippen molar-refractivity contribution in [3.8, 4) is 0 Å². The predicted octanol–water partition coefficient (Wildman–Crippen LogP) is 1.70. The molecule has 2 aliphatic rings. The quantitative estimate of drug-likeness (QED) is 0.830. The van der Waals surface area contributed by atoms with E-state index in [1.54, 1.807) is 21.7 Å². The summed E-state index contributed by atoms with van der Waals surface area (Å²) in [5, 5.41) is 9.15. The third kappa shape index (κ3) is 2.78. The highest BCUT2D eigenvalue weighted by molar-refractivity contribution is 6.00. The summed E-state index contributed by atoms with van der Waals surface area (Å²) in [6, 6.07) is 1.07. The number of aromatic nitrogens is 3. The molecule has 2 saturated heterocycles. The molecule has 2 aromatic heterocycles. The lowest BCUT2D eigenvalue weighted by atomic mass is 9.89. The van der Waals surface area contributed by atoms with Crippen molar-refractivity contribution < 1.29 is 18.4 Å². The highest BCUT2D eigenvalue weighted by atomic mass is 19.3. The van der Waals surface area contributed by atoms with Crippen LogP contribution in [0.3, 0.4) is 0 Å². The molecule has 2 aromatic rings. The Morgan fingerprint density at radius 2 is 2.04 bits per heavy atom. The van der Waals surface area contributed by atoms with E-state index in [1.165, 1.54) is 13.8 Å². The van der Waals surface area contributed by atoms with Gasteiger partial charge in [0.2, 0.25) is 5.91 Å². The van der Waals surface area contributed by atoms with E-state index in [9.17, 15) is 18.4 Å². The van der Waals surface area contributed by atoms with Crippen LogP contribution in [0.5, 0.6) is 0 Å². The third-order valence-electron chi connectivity index (χ3n) is 5.59. The largest absolute Gasteiger partial charge is 0.350 e. The number of hydrogen-bond acceptors (Lipinski definition) is 5. The zero-order valence-corrected chi connectivity index (χ0v) is 15.9. The molecule has 2 aliphatic heterocycles. The topological polar surface area (TPSA) is 91.6 Å². The Balaban J connectivity index is 1.83. The maximum Gasteiger partial charge on any atom is 0.321 e. The van der Waals surface area contributed by atoms with Crippen molar-refractivity contribution in [1.82, 2.24) is 25.2 Å². The van der Waals surface area contributed by atoms with Gasteiger partial charge in [0, 0.05) is 30.1 Å². The van der Waals surface area contributed by atoms with Gasteiger partial charge in [-0.15, -0.1) is 0 Å². The number of aryl methyl sites for hydroxylation is 1. The zero-order valence-electron chi connectivity index (χ0n) is 15.9. The van der Waals surface area contributed by atoms with Crippen molar-refractivity contribution in [2.45, 2.75) is 39.0 Å². The molecule has 0 saturated carbocycles. The minimum absolute atomic E-state index is 0.102. The zero-order chi connectivity index (χ0) is 20.3. The molecule has 0 radical (unpaired) electrons. The van der Waals surface area contributed by atoms with E-state index in [2.05, 4.69) is 20.7 Å². The van der Waals surface area contributed by atoms with E-state index in [-0.39, 0.29) is 13.1 Å². The van der Waals surface area contributed by atoms with E-state index in [4.69, 9.17) is 0 Å². The summed E-state index contributed by atoms with van der Waals surface area (Å²) in [5.74, 6) is -3.55. The number of imide groups is 1. The van der Waals surface area contributed by atoms with Gasteiger partial charge in [0.1, 0.15) is 5.82 Å². The number of rotatable bonds is 3. The molecule has 0 spiro atoms. The number of amides is 3. The number of fused-ring (bicyclic) bond motifs is 1. The number of hydrogen-bond donors (Lipinski definition) is 2. The lowest BCUT2D eigenvalue weighted by Crippen LogP contribution is -2.51. The predicted molar refractivity (Wildman–Crippen MR) is 97.6 cm³/mol. The van der Waals surface area contributed by atoms with Gasteiger partial charge < -0.3 is 10.2 Å². The molecule has 150 valence electrons. The monoisotopic (exact) mass is 392 g/mol. The van der Waals surface area contributed by atoms with E-state index in [0.717, 1.165) is 5.56 Å². The first-order valence-corrected chi connectivity index (χ1v) is 9.22. The molecule has 28 heavy (non-hydrogen) atoms. The smallest absolute Gasteiger partial charge is 0.321 e. The van der Waals surface area contributed by atoms with Gasteiger partial charge in [-0.2, -0.15) is 9.61 Å². The summed E-state index contributed by atoms with van der Waals surface area (Å²) in [6.45, 7) is 4.84. The molecule has 0 aromatic carbocycles. The maximum absolute atomic E-state index is 14.5. The van der Waals surface area contributed by atoms with Crippen LogP contribution in [-0.4, -0.2) is 52.1 Å². The van der Waals surface area contributed by atoms with Gasteiger partial charge >= 0.3 is 6.03 Å². The fraction of sp³-hybridized carbons (Fsp3) is 0.556. The average Bonchev–Trinajstić information content (AvgIpc) is 3.11. The van der Waals surface area contributed by atoms with E-state index in [1.807, 2.05) is 6.92 Å². The summed E-state index contributed by atoms with van der Waals surface area (Å²) < 4.78 is 30.5. The highest BCUT2D eigenvalue weighted by Crippen LogP contribution is 2.44. The van der Waals surface area contributed by atoms with E-state index in [0.29, 0.717) is 23.6 Å². The second-order valence-corrected chi connectivity index (χ2v) is 7.99. The summed E-state index contributed by atoms with van der Waals surface area (Å²) >= 11 is 0. The SMILES string of the molecule is CCc1cnn2c(N3CC(C)(C)C(F)(F)C3)cc(C3CNC(=O)NC3=O)nc12. The van der Waals surface area contributed by atoms with Gasteiger partial charge in [-0.3, -0.25) is 10.1 Å². The number of alkyl halides is 2. The Hall–Kier alpha value is -2.78. The van der Waals surface area contributed by atoms with Crippen molar-refractivity contribution in [1.29, 1.82) is 0 Å². The molecule has 4 rings (SSSR count). The van der Waals surface area contributed by atoms with Crippen molar-refractivity contribution in [2.75, 3.05) is 24.5 Å². The third-order valence-corrected chi connectivity index (χ3v) is 5.59. The maximum atomic E-state index is 14.5. The van der Waals surface area contributed by atoms with Crippen molar-refractivity contribution in [3.63, 3.8) is 0 Å². The molecule has 1 unspecified atom stereocenters. The van der Waals surface area contributed by atoms with Crippen LogP contribution in [0, 0.1) is 5.41 Å². The van der Waals surface area contributed by atoms with Crippen LogP contribution in [0.25, 0.3) is 5.65 Å². The molecule has 4 heterocycles. The molecule has 8 nitrogen and oxygen atoms in total. The number of carbonyl (C=O) groups is 2. The van der Waals surface area contributed by atoms with Crippen LogP contribution >= 0.6 is 0 Å². The van der Waals surface area contributed by atoms with Gasteiger partial charge in [-0.25, -0.2) is 18.6 Å². The number of halogens is 2. The van der Waals surface area contributed by atoms with Crippen molar-refractivity contribution in [3.05, 3.63) is 23.5 Å². The highest BCUT2D eigenvalue weighted by Gasteiger charge is 2.54. The summed E-state index contributed by atoms with van der Waals surface area (Å²) in [5.41, 5.74) is 0.615. The first-order valence-electron chi connectivity index (χ1n) is 9.22. The Labute approximate surface area is 160 Å². The lowest BCUT2D eigenvalue weighted by molar-refractivity contribution is -0.122. The van der Waals surface area contributed by atoms with Crippen LogP contribution in [0.15, 0.2) is 12.3 Å². The fourth-order valence-electron chi connectivity index (χ4n) is 3.70. The van der Waals surface area contributed by atoms with Crippen molar-refractivity contribution >= 4 is 23.4 Å². The molecule has 2 N–H and O–H groups in total. The fourth-order valence-corrected chi connectivity index (χ4v) is 3.70. The van der Waals surface area contributed by atoms with Crippen LogP contribution in [0.4, 0.5) is 19.4 Å². The second kappa shape index (κ2) is 6.11.